The van der Waals surface area contributed by atoms with Crippen molar-refractivity contribution in [3.05, 3.63) is 27.7 Å². The fourth-order valence-electron chi connectivity index (χ4n) is 0.723. The average molecular weight is 283 g/mol. The van der Waals surface area contributed by atoms with Gasteiger partial charge in [0, 0.05) is 15.6 Å². The van der Waals surface area contributed by atoms with E-state index in [1.807, 2.05) is 0 Å². The summed E-state index contributed by atoms with van der Waals surface area (Å²) in [6.07, 6.45) is 0. The smallest absolute Gasteiger partial charge is 0.871 e. The van der Waals surface area contributed by atoms with Gasteiger partial charge in [0.1, 0.15) is 0 Å². The molecule has 0 aliphatic heterocycles. The van der Waals surface area contributed by atoms with Crippen LogP contribution in [0.4, 0.5) is 0 Å². The first-order valence-corrected chi connectivity index (χ1v) is 3.66. The van der Waals surface area contributed by atoms with Crippen LogP contribution in [0.15, 0.2) is 12.1 Å². The molecule has 1 rings (SSSR count). The summed E-state index contributed by atoms with van der Waals surface area (Å²) < 4.78 is 0. The molecule has 14 heavy (non-hydrogen) atoms. The molecule has 0 unspecified atom stereocenters. The van der Waals surface area contributed by atoms with Crippen LogP contribution in [-0.4, -0.2) is 5.97 Å². The van der Waals surface area contributed by atoms with Crippen molar-refractivity contribution < 1.29 is 118 Å². The summed E-state index contributed by atoms with van der Waals surface area (Å²) in [5.41, 5.74) is -0.593. The molecule has 0 N–H and O–H groups in total. The van der Waals surface area contributed by atoms with Crippen LogP contribution in [0, 0.1) is 0 Å². The van der Waals surface area contributed by atoms with Crippen molar-refractivity contribution in [1.29, 1.82) is 0 Å². The molecule has 0 aromatic heterocycles. The summed E-state index contributed by atoms with van der Waals surface area (Å²) in [5.74, 6) is -2.43. The molecule has 1 aromatic carbocycles. The molecule has 3 nitrogen and oxygen atoms in total. The molecule has 0 fully saturated rings. The van der Waals surface area contributed by atoms with Gasteiger partial charge in [-0.3, -0.25) is 0 Å². The number of benzene rings is 1. The number of carbonyl (C=O) groups excluding carboxylic acids is 1. The van der Waals surface area contributed by atoms with Crippen molar-refractivity contribution in [2.24, 2.45) is 0 Å². The Labute approximate surface area is 176 Å². The first kappa shape index (κ1) is 18.7. The van der Waals surface area contributed by atoms with Gasteiger partial charge < -0.3 is 15.0 Å². The van der Waals surface area contributed by atoms with Gasteiger partial charge in [-0.2, -0.15) is 0 Å². The van der Waals surface area contributed by atoms with Crippen molar-refractivity contribution in [2.75, 3.05) is 0 Å². The van der Waals surface area contributed by atoms with Gasteiger partial charge in [0.25, 0.3) is 0 Å². The first-order valence-electron chi connectivity index (χ1n) is 2.90. The maximum atomic E-state index is 11.0. The van der Waals surface area contributed by atoms with Crippen LogP contribution in [-0.2, 0) is 0 Å². The third-order valence-electron chi connectivity index (χ3n) is 1.26. The molecule has 0 amide bonds. The van der Waals surface area contributed by atoms with Crippen LogP contribution in [0.3, 0.4) is 0 Å². The largest absolute Gasteiger partial charge is 1.00 e. The van der Waals surface area contributed by atoms with Crippen LogP contribution < -0.4 is 113 Å². The maximum absolute atomic E-state index is 11.0. The van der Waals surface area contributed by atoms with Crippen molar-refractivity contribution in [3.63, 3.8) is 0 Å². The number of aromatic carboxylic acids is 1. The summed E-state index contributed by atoms with van der Waals surface area (Å²) in [7, 11) is 0. The van der Waals surface area contributed by atoms with E-state index in [1.165, 1.54) is 12.1 Å². The summed E-state index contributed by atoms with van der Waals surface area (Å²) in [6, 6.07) is 2.47. The molecule has 7 heteroatoms. The van der Waals surface area contributed by atoms with Crippen LogP contribution in [0.25, 0.3) is 0 Å². The van der Waals surface area contributed by atoms with Gasteiger partial charge in [-0.25, -0.2) is 0 Å². The minimum atomic E-state index is -1.62. The molecule has 0 saturated carbocycles. The van der Waals surface area contributed by atoms with Crippen molar-refractivity contribution in [2.45, 2.75) is 0 Å². The Morgan fingerprint density at radius 2 is 1.57 bits per heavy atom. The zero-order valence-corrected chi connectivity index (χ0v) is 15.4. The monoisotopic (exact) mass is 282 g/mol. The molecule has 0 atom stereocenters. The van der Waals surface area contributed by atoms with E-state index in [1.54, 1.807) is 0 Å². The Morgan fingerprint density at radius 3 is 1.93 bits per heavy atom. The summed E-state index contributed by atoms with van der Waals surface area (Å²) in [5, 5.41) is 21.0. The standard InChI is InChI=1S/C7H4Cl2O3.2K/c8-3-1-2-4(9)6(10)5(3)7(11)12;;/h1-2,10H,(H,11,12);;/q;2*+1/p-2. The number of carboxylic acids is 1. The van der Waals surface area contributed by atoms with Gasteiger partial charge in [-0.1, -0.05) is 29.0 Å². The number of carboxylic acid groups (broad SMARTS) is 1. The van der Waals surface area contributed by atoms with Gasteiger partial charge in [-0.05, 0) is 12.1 Å². The minimum Gasteiger partial charge on any atom is -0.871 e. The summed E-state index contributed by atoms with van der Waals surface area (Å²) in [6.45, 7) is 0. The normalized spacial score (nSPS) is 8.43. The van der Waals surface area contributed by atoms with Gasteiger partial charge >= 0.3 is 103 Å². The average Bonchev–Trinajstić information content (AvgIpc) is 1.97. The van der Waals surface area contributed by atoms with Crippen LogP contribution >= 0.6 is 23.2 Å². The Hall–Kier alpha value is 2.34. The number of carbonyl (C=O) groups is 1. The summed E-state index contributed by atoms with van der Waals surface area (Å²) >= 11 is 10.8. The fraction of sp³-hybridized carbons (Fsp3) is 0. The van der Waals surface area contributed by atoms with Crippen molar-refractivity contribution in [3.8, 4) is 5.75 Å². The Kier molecular flexibility index (Phi) is 11.3. The molecule has 1 aromatic rings. The van der Waals surface area contributed by atoms with E-state index in [4.69, 9.17) is 23.2 Å². The SMILES string of the molecule is O=C([O-])c1c(Cl)ccc(Cl)c1[O-].[K+].[K+]. The molecule has 0 aliphatic carbocycles. The van der Waals surface area contributed by atoms with E-state index in [2.05, 4.69) is 0 Å². The van der Waals surface area contributed by atoms with Crippen LogP contribution in [0.1, 0.15) is 10.4 Å². The second-order valence-corrected chi connectivity index (χ2v) is 2.84. The Bertz CT molecular complexity index is 344. The minimum absolute atomic E-state index is 0. The fourth-order valence-corrected chi connectivity index (χ4v) is 1.11. The third kappa shape index (κ3) is 4.69. The van der Waals surface area contributed by atoms with E-state index in [0.29, 0.717) is 0 Å². The molecular formula is C7H2Cl2K2O3. The van der Waals surface area contributed by atoms with Crippen molar-refractivity contribution >= 4 is 29.2 Å². The topological polar surface area (TPSA) is 63.2 Å². The Balaban J connectivity index is 0. The quantitative estimate of drug-likeness (QED) is 0.483. The second kappa shape index (κ2) is 8.44. The predicted molar refractivity (Wildman–Crippen MR) is 40.2 cm³/mol. The van der Waals surface area contributed by atoms with E-state index < -0.39 is 17.3 Å². The molecule has 64 valence electrons. The van der Waals surface area contributed by atoms with E-state index in [-0.39, 0.29) is 113 Å². The number of rotatable bonds is 1. The molecule has 0 bridgehead atoms. The number of hydrogen-bond donors (Lipinski definition) is 0. The number of halogens is 2. The van der Waals surface area contributed by atoms with Gasteiger partial charge in [0.2, 0.25) is 0 Å². The predicted octanol–water partition coefficient (Wildman–Crippen LogP) is -5.56. The molecule has 0 saturated heterocycles. The molecule has 0 aliphatic rings. The van der Waals surface area contributed by atoms with Crippen molar-refractivity contribution in [1.82, 2.24) is 0 Å². The van der Waals surface area contributed by atoms with Gasteiger partial charge in [0.15, 0.2) is 0 Å². The van der Waals surface area contributed by atoms with Gasteiger partial charge in [-0.15, -0.1) is 0 Å². The molecular weight excluding hydrogens is 281 g/mol. The summed E-state index contributed by atoms with van der Waals surface area (Å²) in [4.78, 5) is 10.3. The first-order chi connectivity index (χ1) is 5.54. The zero-order valence-electron chi connectivity index (χ0n) is 7.64. The molecule has 0 spiro atoms. The van der Waals surface area contributed by atoms with Crippen LogP contribution in [0.2, 0.25) is 10.0 Å². The second-order valence-electron chi connectivity index (χ2n) is 2.02. The zero-order chi connectivity index (χ0) is 9.30. The number of hydrogen-bond acceptors (Lipinski definition) is 3. The molecule has 0 heterocycles. The van der Waals surface area contributed by atoms with Gasteiger partial charge in [0.05, 0.1) is 5.97 Å². The van der Waals surface area contributed by atoms with Crippen LogP contribution in [0.5, 0.6) is 5.75 Å². The van der Waals surface area contributed by atoms with E-state index in [0.717, 1.165) is 0 Å². The third-order valence-corrected chi connectivity index (χ3v) is 1.88. The van der Waals surface area contributed by atoms with E-state index in [9.17, 15) is 15.0 Å². The maximum Gasteiger partial charge on any atom is 1.00 e. The Morgan fingerprint density at radius 1 is 1.14 bits per heavy atom. The molecule has 0 radical (unpaired) electrons. The van der Waals surface area contributed by atoms with E-state index >= 15 is 0 Å².